The van der Waals surface area contributed by atoms with Crippen molar-refractivity contribution in [3.63, 3.8) is 0 Å². The number of aryl methyl sites for hydroxylation is 1. The molecule has 0 atom stereocenters. The van der Waals surface area contributed by atoms with Gasteiger partial charge in [-0.2, -0.15) is 9.29 Å². The van der Waals surface area contributed by atoms with Gasteiger partial charge in [-0.25, -0.2) is 13.4 Å². The van der Waals surface area contributed by atoms with Crippen molar-refractivity contribution in [2.24, 2.45) is 0 Å². The van der Waals surface area contributed by atoms with Crippen molar-refractivity contribution < 1.29 is 13.2 Å². The quantitative estimate of drug-likeness (QED) is 0.803. The average Bonchev–Trinajstić information content (AvgIpc) is 2.62. The lowest BCUT2D eigenvalue weighted by Crippen LogP contribution is -2.49. The van der Waals surface area contributed by atoms with Gasteiger partial charge in [0, 0.05) is 44.6 Å². The Morgan fingerprint density at radius 3 is 2.54 bits per heavy atom. The van der Waals surface area contributed by atoms with Gasteiger partial charge in [0.15, 0.2) is 0 Å². The molecule has 0 aliphatic carbocycles. The summed E-state index contributed by atoms with van der Waals surface area (Å²) in [7, 11) is -1.94. The van der Waals surface area contributed by atoms with Gasteiger partial charge in [0.1, 0.15) is 16.5 Å². The number of sulfonamides is 1. The number of nitrogens with zero attached hydrogens (tertiary/aromatic N) is 5. The summed E-state index contributed by atoms with van der Waals surface area (Å²) in [5.74, 6) is 1.87. The molecule has 3 rings (SSSR count). The van der Waals surface area contributed by atoms with Crippen molar-refractivity contribution in [3.05, 3.63) is 36.4 Å². The molecule has 2 aromatic heterocycles. The van der Waals surface area contributed by atoms with Crippen LogP contribution in [0.3, 0.4) is 0 Å². The van der Waals surface area contributed by atoms with Gasteiger partial charge in [0.25, 0.3) is 0 Å². The summed E-state index contributed by atoms with van der Waals surface area (Å²) >= 11 is 0. The number of rotatable bonds is 4. The fourth-order valence-corrected chi connectivity index (χ4v) is 3.98. The number of hydrogen-bond donors (Lipinski definition) is 0. The molecule has 1 aliphatic heterocycles. The van der Waals surface area contributed by atoms with Crippen molar-refractivity contribution in [2.45, 2.75) is 11.8 Å². The standard InChI is InChI=1S/C15H19N5O3S/c1-12-17-14(10-15(18-12)23-2)19-6-8-20(9-7-19)24(21,22)13-4-3-5-16-11-13/h3-5,10-11H,6-9H2,1-2H3. The van der Waals surface area contributed by atoms with E-state index in [0.717, 1.165) is 5.82 Å². The van der Waals surface area contributed by atoms with Gasteiger partial charge in [0.2, 0.25) is 15.9 Å². The van der Waals surface area contributed by atoms with Crippen LogP contribution < -0.4 is 9.64 Å². The zero-order valence-electron chi connectivity index (χ0n) is 13.6. The molecular formula is C15H19N5O3S. The van der Waals surface area contributed by atoms with E-state index in [1.807, 2.05) is 4.90 Å². The Morgan fingerprint density at radius 1 is 1.17 bits per heavy atom. The molecule has 0 spiro atoms. The number of methoxy groups -OCH3 is 1. The van der Waals surface area contributed by atoms with Crippen LogP contribution in [0.15, 0.2) is 35.5 Å². The van der Waals surface area contributed by atoms with E-state index in [1.165, 1.54) is 10.5 Å². The second kappa shape index (κ2) is 6.70. The molecule has 2 aromatic rings. The van der Waals surface area contributed by atoms with Crippen LogP contribution in [0, 0.1) is 6.92 Å². The highest BCUT2D eigenvalue weighted by molar-refractivity contribution is 7.89. The van der Waals surface area contributed by atoms with Crippen molar-refractivity contribution in [2.75, 3.05) is 38.2 Å². The van der Waals surface area contributed by atoms with Gasteiger partial charge < -0.3 is 9.64 Å². The Bertz CT molecular complexity index is 805. The zero-order valence-corrected chi connectivity index (χ0v) is 14.4. The molecule has 0 radical (unpaired) electrons. The smallest absolute Gasteiger partial charge is 0.244 e. The minimum absolute atomic E-state index is 0.220. The molecule has 0 bridgehead atoms. The molecule has 1 saturated heterocycles. The van der Waals surface area contributed by atoms with E-state index in [-0.39, 0.29) is 4.90 Å². The third-order valence-corrected chi connectivity index (χ3v) is 5.73. The van der Waals surface area contributed by atoms with E-state index >= 15 is 0 Å². The number of ether oxygens (including phenoxy) is 1. The first-order chi connectivity index (χ1) is 11.5. The van der Waals surface area contributed by atoms with E-state index in [1.54, 1.807) is 38.4 Å². The maximum Gasteiger partial charge on any atom is 0.244 e. The summed E-state index contributed by atoms with van der Waals surface area (Å²) in [6, 6.07) is 4.95. The Balaban J connectivity index is 1.73. The van der Waals surface area contributed by atoms with Gasteiger partial charge in [-0.15, -0.1) is 0 Å². The highest BCUT2D eigenvalue weighted by Gasteiger charge is 2.29. The Kier molecular flexibility index (Phi) is 4.63. The highest BCUT2D eigenvalue weighted by atomic mass is 32.2. The van der Waals surface area contributed by atoms with Crippen LogP contribution in [0.1, 0.15) is 5.82 Å². The SMILES string of the molecule is COc1cc(N2CCN(S(=O)(=O)c3cccnc3)CC2)nc(C)n1. The van der Waals surface area contributed by atoms with Gasteiger partial charge >= 0.3 is 0 Å². The first kappa shape index (κ1) is 16.6. The lowest BCUT2D eigenvalue weighted by molar-refractivity contribution is 0.380. The second-order valence-electron chi connectivity index (χ2n) is 5.40. The summed E-state index contributed by atoms with van der Waals surface area (Å²) in [6.45, 7) is 3.69. The fraction of sp³-hybridized carbons (Fsp3) is 0.400. The predicted molar refractivity (Wildman–Crippen MR) is 88.5 cm³/mol. The van der Waals surface area contributed by atoms with Crippen LogP contribution in [-0.4, -0.2) is 61.0 Å². The minimum atomic E-state index is -3.50. The predicted octanol–water partition coefficient (Wildman–Crippen LogP) is 0.700. The van der Waals surface area contributed by atoms with Gasteiger partial charge in [0.05, 0.1) is 7.11 Å². The van der Waals surface area contributed by atoms with E-state index in [0.29, 0.717) is 37.9 Å². The van der Waals surface area contributed by atoms with Crippen LogP contribution in [0.4, 0.5) is 5.82 Å². The Hall–Kier alpha value is -2.26. The summed E-state index contributed by atoms with van der Waals surface area (Å²) in [6.07, 6.45) is 2.93. The molecular weight excluding hydrogens is 330 g/mol. The Labute approximate surface area is 141 Å². The van der Waals surface area contributed by atoms with Crippen LogP contribution in [0.25, 0.3) is 0 Å². The molecule has 1 fully saturated rings. The van der Waals surface area contributed by atoms with Gasteiger partial charge in [-0.1, -0.05) is 0 Å². The number of aromatic nitrogens is 3. The number of hydrogen-bond acceptors (Lipinski definition) is 7. The molecule has 8 nitrogen and oxygen atoms in total. The minimum Gasteiger partial charge on any atom is -0.481 e. The van der Waals surface area contributed by atoms with E-state index in [2.05, 4.69) is 15.0 Å². The maximum atomic E-state index is 12.6. The summed E-state index contributed by atoms with van der Waals surface area (Å²) in [5, 5.41) is 0. The average molecular weight is 349 g/mol. The number of pyridine rings is 1. The lowest BCUT2D eigenvalue weighted by atomic mass is 10.3. The summed E-state index contributed by atoms with van der Waals surface area (Å²) in [5.41, 5.74) is 0. The van der Waals surface area contributed by atoms with Gasteiger partial charge in [-0.3, -0.25) is 4.98 Å². The molecule has 0 unspecified atom stereocenters. The first-order valence-corrected chi connectivity index (χ1v) is 8.99. The number of piperazine rings is 1. The summed E-state index contributed by atoms with van der Waals surface area (Å²) in [4.78, 5) is 14.7. The van der Waals surface area contributed by atoms with Crippen molar-refractivity contribution in [1.29, 1.82) is 0 Å². The van der Waals surface area contributed by atoms with Crippen molar-refractivity contribution >= 4 is 15.8 Å². The Morgan fingerprint density at radius 2 is 1.92 bits per heavy atom. The molecule has 3 heterocycles. The third kappa shape index (κ3) is 3.31. The van der Waals surface area contributed by atoms with Gasteiger partial charge in [-0.05, 0) is 19.1 Å². The third-order valence-electron chi connectivity index (χ3n) is 3.84. The molecule has 9 heteroatoms. The normalized spacial score (nSPS) is 16.2. The van der Waals surface area contributed by atoms with Crippen molar-refractivity contribution in [1.82, 2.24) is 19.3 Å². The molecule has 24 heavy (non-hydrogen) atoms. The van der Waals surface area contributed by atoms with E-state index in [9.17, 15) is 8.42 Å². The molecule has 0 N–H and O–H groups in total. The largest absolute Gasteiger partial charge is 0.481 e. The molecule has 128 valence electrons. The molecule has 0 aromatic carbocycles. The zero-order chi connectivity index (χ0) is 17.2. The first-order valence-electron chi connectivity index (χ1n) is 7.55. The van der Waals surface area contributed by atoms with Crippen LogP contribution in [0.5, 0.6) is 5.88 Å². The lowest BCUT2D eigenvalue weighted by Gasteiger charge is -2.34. The molecule has 1 aliphatic rings. The monoisotopic (exact) mass is 349 g/mol. The van der Waals surface area contributed by atoms with E-state index < -0.39 is 10.0 Å². The topological polar surface area (TPSA) is 88.5 Å². The molecule has 0 amide bonds. The van der Waals surface area contributed by atoms with Crippen LogP contribution in [-0.2, 0) is 10.0 Å². The molecule has 0 saturated carbocycles. The maximum absolute atomic E-state index is 12.6. The van der Waals surface area contributed by atoms with E-state index in [4.69, 9.17) is 4.74 Å². The summed E-state index contributed by atoms with van der Waals surface area (Å²) < 4.78 is 31.9. The van der Waals surface area contributed by atoms with Crippen LogP contribution >= 0.6 is 0 Å². The number of anilines is 1. The fourth-order valence-electron chi connectivity index (χ4n) is 2.60. The van der Waals surface area contributed by atoms with Crippen molar-refractivity contribution in [3.8, 4) is 5.88 Å². The highest BCUT2D eigenvalue weighted by Crippen LogP contribution is 2.21. The van der Waals surface area contributed by atoms with Crippen LogP contribution in [0.2, 0.25) is 0 Å². The second-order valence-corrected chi connectivity index (χ2v) is 7.33.